The highest BCUT2D eigenvalue weighted by Crippen LogP contribution is 2.19. The zero-order valence-electron chi connectivity index (χ0n) is 9.45. The summed E-state index contributed by atoms with van der Waals surface area (Å²) in [6.07, 6.45) is 1.53. The lowest BCUT2D eigenvalue weighted by Gasteiger charge is -2.03. The molecule has 0 bridgehead atoms. The number of thioether (sulfide) groups is 1. The number of rotatable bonds is 4. The Kier molecular flexibility index (Phi) is 3.47. The lowest BCUT2D eigenvalue weighted by Crippen LogP contribution is -2.13. The fourth-order valence-electron chi connectivity index (χ4n) is 1.34. The molecule has 0 aliphatic rings. The van der Waals surface area contributed by atoms with Crippen molar-refractivity contribution in [3.05, 3.63) is 40.1 Å². The van der Waals surface area contributed by atoms with Crippen molar-refractivity contribution in [3.63, 3.8) is 0 Å². The first-order valence-electron chi connectivity index (χ1n) is 5.01. The van der Waals surface area contributed by atoms with Crippen LogP contribution in [0.1, 0.15) is 16.1 Å². The molecule has 7 nitrogen and oxygen atoms in total. The summed E-state index contributed by atoms with van der Waals surface area (Å²) in [7, 11) is 1.59. The number of hydrogen-bond acceptors (Lipinski definition) is 5. The zero-order chi connectivity index (χ0) is 13.1. The van der Waals surface area contributed by atoms with E-state index in [2.05, 4.69) is 15.2 Å². The summed E-state index contributed by atoms with van der Waals surface area (Å²) < 4.78 is 1.36. The Bertz CT molecular complexity index is 634. The standard InChI is InChI=1S/C10H10N4O3S/c1-14-9(17)12-13-10(14)18-5-7-6(8(15)16)3-2-4-11-7/h2-4H,5H2,1H3,(H,12,17)(H,15,16). The molecule has 0 radical (unpaired) electrons. The molecule has 8 heteroatoms. The molecule has 0 aromatic carbocycles. The Balaban J connectivity index is 2.18. The molecule has 94 valence electrons. The molecule has 0 atom stereocenters. The maximum absolute atomic E-state index is 11.1. The van der Waals surface area contributed by atoms with Crippen molar-refractivity contribution in [3.8, 4) is 0 Å². The number of aromatic amines is 1. The van der Waals surface area contributed by atoms with Gasteiger partial charge in [-0.1, -0.05) is 11.8 Å². The Morgan fingerprint density at radius 3 is 3.00 bits per heavy atom. The maximum Gasteiger partial charge on any atom is 0.343 e. The second-order valence-corrected chi connectivity index (χ2v) is 4.40. The van der Waals surface area contributed by atoms with Gasteiger partial charge in [-0.3, -0.25) is 9.55 Å². The molecule has 0 spiro atoms. The molecule has 18 heavy (non-hydrogen) atoms. The van der Waals surface area contributed by atoms with Gasteiger partial charge in [0.15, 0.2) is 5.16 Å². The lowest BCUT2D eigenvalue weighted by molar-refractivity contribution is 0.0695. The Morgan fingerprint density at radius 2 is 2.39 bits per heavy atom. The van der Waals surface area contributed by atoms with Crippen LogP contribution < -0.4 is 5.69 Å². The van der Waals surface area contributed by atoms with Crippen LogP contribution in [0.3, 0.4) is 0 Å². The van der Waals surface area contributed by atoms with Crippen molar-refractivity contribution in [2.24, 2.45) is 7.05 Å². The number of carboxylic acids is 1. The number of hydrogen-bond donors (Lipinski definition) is 2. The maximum atomic E-state index is 11.1. The molecule has 0 aliphatic heterocycles. The largest absolute Gasteiger partial charge is 0.478 e. The van der Waals surface area contributed by atoms with Gasteiger partial charge in [-0.25, -0.2) is 14.7 Å². The van der Waals surface area contributed by atoms with Crippen molar-refractivity contribution in [2.75, 3.05) is 0 Å². The molecule has 0 saturated heterocycles. The van der Waals surface area contributed by atoms with E-state index in [-0.39, 0.29) is 11.3 Å². The van der Waals surface area contributed by atoms with Crippen LogP contribution >= 0.6 is 11.8 Å². The predicted molar refractivity (Wildman–Crippen MR) is 64.6 cm³/mol. The van der Waals surface area contributed by atoms with E-state index in [1.54, 1.807) is 13.1 Å². The van der Waals surface area contributed by atoms with E-state index in [0.717, 1.165) is 0 Å². The van der Waals surface area contributed by atoms with Gasteiger partial charge in [-0.15, -0.1) is 5.10 Å². The summed E-state index contributed by atoms with van der Waals surface area (Å²) in [5.74, 6) is -0.685. The molecule has 2 rings (SSSR count). The summed E-state index contributed by atoms with van der Waals surface area (Å²) in [5.41, 5.74) is 0.299. The molecule has 2 heterocycles. The second-order valence-electron chi connectivity index (χ2n) is 3.46. The third-order valence-electron chi connectivity index (χ3n) is 2.30. The fraction of sp³-hybridized carbons (Fsp3) is 0.200. The quantitative estimate of drug-likeness (QED) is 0.781. The van der Waals surface area contributed by atoms with Gasteiger partial charge in [0.1, 0.15) is 0 Å². The average molecular weight is 266 g/mol. The first-order chi connectivity index (χ1) is 8.59. The highest BCUT2D eigenvalue weighted by molar-refractivity contribution is 7.98. The SMILES string of the molecule is Cn1c(SCc2ncccc2C(=O)O)n[nH]c1=O. The highest BCUT2D eigenvalue weighted by atomic mass is 32.2. The van der Waals surface area contributed by atoms with Crippen molar-refractivity contribution in [1.82, 2.24) is 19.7 Å². The van der Waals surface area contributed by atoms with Crippen molar-refractivity contribution < 1.29 is 9.90 Å². The molecule has 0 amide bonds. The van der Waals surface area contributed by atoms with Gasteiger partial charge < -0.3 is 5.11 Å². The number of nitrogens with one attached hydrogen (secondary N) is 1. The number of carboxylic acid groups (broad SMARTS) is 1. The molecular weight excluding hydrogens is 256 g/mol. The molecule has 0 unspecified atom stereocenters. The lowest BCUT2D eigenvalue weighted by atomic mass is 10.2. The summed E-state index contributed by atoms with van der Waals surface area (Å²) in [6, 6.07) is 3.07. The fourth-order valence-corrected chi connectivity index (χ4v) is 2.22. The van der Waals surface area contributed by atoms with Crippen LogP contribution in [0.15, 0.2) is 28.3 Å². The summed E-state index contributed by atoms with van der Waals surface area (Å²) in [5, 5.41) is 15.6. The van der Waals surface area contributed by atoms with E-state index in [0.29, 0.717) is 16.6 Å². The van der Waals surface area contributed by atoms with E-state index in [1.165, 1.54) is 28.6 Å². The van der Waals surface area contributed by atoms with Crippen LogP contribution in [-0.4, -0.2) is 30.8 Å². The van der Waals surface area contributed by atoms with Crippen molar-refractivity contribution in [2.45, 2.75) is 10.9 Å². The van der Waals surface area contributed by atoms with Gasteiger partial charge in [-0.2, -0.15) is 0 Å². The Labute approximate surface area is 106 Å². The number of carbonyl (C=O) groups is 1. The Hall–Kier alpha value is -2.09. The Morgan fingerprint density at radius 1 is 1.61 bits per heavy atom. The van der Waals surface area contributed by atoms with Gasteiger partial charge in [0, 0.05) is 19.0 Å². The number of aromatic carboxylic acids is 1. The zero-order valence-corrected chi connectivity index (χ0v) is 10.3. The smallest absolute Gasteiger partial charge is 0.343 e. The number of pyridine rings is 1. The van der Waals surface area contributed by atoms with Crippen LogP contribution in [-0.2, 0) is 12.8 Å². The summed E-state index contributed by atoms with van der Waals surface area (Å²) in [4.78, 5) is 26.2. The molecule has 2 aromatic rings. The second kappa shape index (κ2) is 5.05. The minimum Gasteiger partial charge on any atom is -0.478 e. The predicted octanol–water partition coefficient (Wildman–Crippen LogP) is 0.494. The molecule has 2 aromatic heterocycles. The summed E-state index contributed by atoms with van der Waals surface area (Å²) in [6.45, 7) is 0. The number of nitrogens with zero attached hydrogens (tertiary/aromatic N) is 3. The van der Waals surface area contributed by atoms with Gasteiger partial charge in [-0.05, 0) is 12.1 Å². The van der Waals surface area contributed by atoms with Crippen molar-refractivity contribution >= 4 is 17.7 Å². The number of aromatic nitrogens is 4. The van der Waals surface area contributed by atoms with E-state index >= 15 is 0 Å². The van der Waals surface area contributed by atoms with Crippen LogP contribution in [0.2, 0.25) is 0 Å². The molecule has 0 fully saturated rings. The van der Waals surface area contributed by atoms with Crippen LogP contribution in [0.5, 0.6) is 0 Å². The van der Waals surface area contributed by atoms with E-state index in [1.807, 2.05) is 0 Å². The van der Waals surface area contributed by atoms with Crippen LogP contribution in [0.4, 0.5) is 0 Å². The topological polar surface area (TPSA) is 101 Å². The summed E-state index contributed by atoms with van der Waals surface area (Å²) >= 11 is 1.25. The van der Waals surface area contributed by atoms with Crippen LogP contribution in [0.25, 0.3) is 0 Å². The molecular formula is C10H10N4O3S. The van der Waals surface area contributed by atoms with Crippen molar-refractivity contribution in [1.29, 1.82) is 0 Å². The van der Waals surface area contributed by atoms with Gasteiger partial charge in [0.2, 0.25) is 0 Å². The third-order valence-corrected chi connectivity index (χ3v) is 3.34. The van der Waals surface area contributed by atoms with Gasteiger partial charge in [0.05, 0.1) is 11.3 Å². The number of H-pyrrole nitrogens is 1. The molecule has 2 N–H and O–H groups in total. The first kappa shape index (κ1) is 12.4. The van der Waals surface area contributed by atoms with E-state index in [9.17, 15) is 9.59 Å². The average Bonchev–Trinajstić information content (AvgIpc) is 2.68. The first-order valence-corrected chi connectivity index (χ1v) is 5.99. The normalized spacial score (nSPS) is 10.5. The minimum atomic E-state index is -1.02. The third kappa shape index (κ3) is 2.43. The highest BCUT2D eigenvalue weighted by Gasteiger charge is 2.12. The van der Waals surface area contributed by atoms with E-state index in [4.69, 9.17) is 5.11 Å². The molecule has 0 aliphatic carbocycles. The minimum absolute atomic E-state index is 0.158. The monoisotopic (exact) mass is 266 g/mol. The van der Waals surface area contributed by atoms with Crippen LogP contribution in [0, 0.1) is 0 Å². The van der Waals surface area contributed by atoms with E-state index < -0.39 is 5.97 Å². The van der Waals surface area contributed by atoms with Gasteiger partial charge in [0.25, 0.3) is 0 Å². The van der Waals surface area contributed by atoms with Gasteiger partial charge >= 0.3 is 11.7 Å². The molecule has 0 saturated carbocycles.